The second-order valence-electron chi connectivity index (χ2n) is 4.35. The fraction of sp³-hybridized carbons (Fsp3) is 0.308. The minimum atomic E-state index is -0.102. The number of hydrogen-bond acceptors (Lipinski definition) is 5. The van der Waals surface area contributed by atoms with E-state index in [1.54, 1.807) is 11.7 Å². The number of fused-ring (bicyclic) bond motifs is 1. The van der Waals surface area contributed by atoms with Gasteiger partial charge in [-0.3, -0.25) is 9.36 Å². The number of aromatic nitrogens is 3. The molecule has 1 aromatic carbocycles. The standard InChI is InChI=1S/C13H14N4O2/c1-19-9-16-7-8-17-12(18)11(14-15-13(16)17)10-5-3-2-4-6-10/h2-6H,7-9H2,1H3. The molecule has 0 bridgehead atoms. The zero-order valence-electron chi connectivity index (χ0n) is 10.6. The van der Waals surface area contributed by atoms with Crippen LogP contribution >= 0.6 is 0 Å². The lowest BCUT2D eigenvalue weighted by molar-refractivity contribution is 0.198. The molecule has 3 rings (SSSR count). The van der Waals surface area contributed by atoms with Crippen molar-refractivity contribution in [2.75, 3.05) is 25.3 Å². The number of hydrogen-bond donors (Lipinski definition) is 0. The summed E-state index contributed by atoms with van der Waals surface area (Å²) < 4.78 is 6.73. The molecule has 0 amide bonds. The van der Waals surface area contributed by atoms with Crippen LogP contribution in [0.5, 0.6) is 0 Å². The fourth-order valence-corrected chi connectivity index (χ4v) is 2.22. The van der Waals surface area contributed by atoms with Crippen molar-refractivity contribution in [1.82, 2.24) is 14.8 Å². The van der Waals surface area contributed by atoms with E-state index in [0.717, 1.165) is 12.1 Å². The number of nitrogens with zero attached hydrogens (tertiary/aromatic N) is 4. The lowest BCUT2D eigenvalue weighted by Crippen LogP contribution is -2.26. The lowest BCUT2D eigenvalue weighted by atomic mass is 10.2. The van der Waals surface area contributed by atoms with Crippen LogP contribution in [-0.2, 0) is 11.3 Å². The Balaban J connectivity index is 2.06. The van der Waals surface area contributed by atoms with E-state index >= 15 is 0 Å². The second kappa shape index (κ2) is 4.81. The fourth-order valence-electron chi connectivity index (χ4n) is 2.22. The lowest BCUT2D eigenvalue weighted by Gasteiger charge is -2.14. The van der Waals surface area contributed by atoms with Gasteiger partial charge in [0.1, 0.15) is 6.73 Å². The summed E-state index contributed by atoms with van der Waals surface area (Å²) >= 11 is 0. The SMILES string of the molecule is COCN1CCn2c1nnc(-c1ccccc1)c2=O. The van der Waals surface area contributed by atoms with Gasteiger partial charge in [0.25, 0.3) is 5.56 Å². The van der Waals surface area contributed by atoms with E-state index in [1.165, 1.54) is 0 Å². The third-order valence-corrected chi connectivity index (χ3v) is 3.14. The van der Waals surface area contributed by atoms with Crippen LogP contribution in [0.2, 0.25) is 0 Å². The summed E-state index contributed by atoms with van der Waals surface area (Å²) in [7, 11) is 1.62. The van der Waals surface area contributed by atoms with Crippen molar-refractivity contribution < 1.29 is 4.74 Å². The summed E-state index contributed by atoms with van der Waals surface area (Å²) in [5.41, 5.74) is 1.08. The predicted molar refractivity (Wildman–Crippen MR) is 71.0 cm³/mol. The van der Waals surface area contributed by atoms with Crippen LogP contribution in [0.4, 0.5) is 5.95 Å². The van der Waals surface area contributed by atoms with Crippen LogP contribution in [0.1, 0.15) is 0 Å². The van der Waals surface area contributed by atoms with Gasteiger partial charge in [0.2, 0.25) is 5.95 Å². The van der Waals surface area contributed by atoms with Crippen LogP contribution in [-0.4, -0.2) is 35.1 Å². The van der Waals surface area contributed by atoms with Crippen molar-refractivity contribution in [3.8, 4) is 11.3 Å². The van der Waals surface area contributed by atoms with Crippen LogP contribution in [0.25, 0.3) is 11.3 Å². The van der Waals surface area contributed by atoms with E-state index in [1.807, 2.05) is 35.2 Å². The summed E-state index contributed by atoms with van der Waals surface area (Å²) in [6, 6.07) is 9.39. The highest BCUT2D eigenvalue weighted by atomic mass is 16.5. The molecule has 0 N–H and O–H groups in total. The van der Waals surface area contributed by atoms with Gasteiger partial charge < -0.3 is 9.64 Å². The zero-order valence-corrected chi connectivity index (χ0v) is 10.6. The predicted octanol–water partition coefficient (Wildman–Crippen LogP) is 0.729. The van der Waals surface area contributed by atoms with Crippen molar-refractivity contribution in [3.63, 3.8) is 0 Å². The Morgan fingerprint density at radius 3 is 2.74 bits per heavy atom. The summed E-state index contributed by atoms with van der Waals surface area (Å²) in [5, 5.41) is 8.23. The Kier molecular flexibility index (Phi) is 3.00. The third kappa shape index (κ3) is 2.00. The maximum absolute atomic E-state index is 12.4. The largest absolute Gasteiger partial charge is 0.364 e. The normalized spacial score (nSPS) is 13.6. The minimum Gasteiger partial charge on any atom is -0.364 e. The molecule has 0 aliphatic carbocycles. The van der Waals surface area contributed by atoms with E-state index in [4.69, 9.17) is 4.74 Å². The van der Waals surface area contributed by atoms with E-state index in [9.17, 15) is 4.79 Å². The number of rotatable bonds is 3. The Morgan fingerprint density at radius 2 is 2.00 bits per heavy atom. The molecular weight excluding hydrogens is 244 g/mol. The molecule has 0 radical (unpaired) electrons. The first-order chi connectivity index (χ1) is 9.31. The zero-order chi connectivity index (χ0) is 13.2. The van der Waals surface area contributed by atoms with Gasteiger partial charge in [-0.2, -0.15) is 0 Å². The average Bonchev–Trinajstić information content (AvgIpc) is 2.85. The molecular formula is C13H14N4O2. The maximum atomic E-state index is 12.4. The molecule has 98 valence electrons. The maximum Gasteiger partial charge on any atom is 0.281 e. The number of ether oxygens (including phenoxy) is 1. The highest BCUT2D eigenvalue weighted by Gasteiger charge is 2.23. The van der Waals surface area contributed by atoms with Crippen LogP contribution in [0.3, 0.4) is 0 Å². The molecule has 6 nitrogen and oxygen atoms in total. The molecule has 0 spiro atoms. The van der Waals surface area contributed by atoms with Gasteiger partial charge in [0, 0.05) is 25.8 Å². The van der Waals surface area contributed by atoms with E-state index < -0.39 is 0 Å². The van der Waals surface area contributed by atoms with Crippen molar-refractivity contribution in [2.24, 2.45) is 0 Å². The number of anilines is 1. The van der Waals surface area contributed by atoms with Crippen molar-refractivity contribution in [2.45, 2.75) is 6.54 Å². The Bertz CT molecular complexity index is 639. The minimum absolute atomic E-state index is 0.102. The Hall–Kier alpha value is -2.21. The average molecular weight is 258 g/mol. The van der Waals surface area contributed by atoms with Crippen molar-refractivity contribution >= 4 is 5.95 Å². The van der Waals surface area contributed by atoms with E-state index in [0.29, 0.717) is 24.9 Å². The van der Waals surface area contributed by atoms with Gasteiger partial charge in [-0.1, -0.05) is 30.3 Å². The van der Waals surface area contributed by atoms with Crippen LogP contribution in [0, 0.1) is 0 Å². The number of methoxy groups -OCH3 is 1. The molecule has 2 heterocycles. The quantitative estimate of drug-likeness (QED) is 0.812. The van der Waals surface area contributed by atoms with Gasteiger partial charge >= 0.3 is 0 Å². The van der Waals surface area contributed by atoms with Crippen molar-refractivity contribution in [3.05, 3.63) is 40.7 Å². The first kappa shape index (κ1) is 11.9. The monoisotopic (exact) mass is 258 g/mol. The molecule has 2 aromatic rings. The van der Waals surface area contributed by atoms with E-state index in [-0.39, 0.29) is 5.56 Å². The highest BCUT2D eigenvalue weighted by molar-refractivity contribution is 5.58. The van der Waals surface area contributed by atoms with E-state index in [2.05, 4.69) is 10.2 Å². The first-order valence-corrected chi connectivity index (χ1v) is 6.08. The summed E-state index contributed by atoms with van der Waals surface area (Å²) in [6.07, 6.45) is 0. The van der Waals surface area contributed by atoms with Crippen LogP contribution in [0.15, 0.2) is 35.1 Å². The molecule has 0 unspecified atom stereocenters. The smallest absolute Gasteiger partial charge is 0.281 e. The van der Waals surface area contributed by atoms with Crippen molar-refractivity contribution in [1.29, 1.82) is 0 Å². The molecule has 19 heavy (non-hydrogen) atoms. The molecule has 1 aliphatic rings. The molecule has 0 atom stereocenters. The summed E-state index contributed by atoms with van der Waals surface area (Å²) in [4.78, 5) is 14.3. The first-order valence-electron chi connectivity index (χ1n) is 6.08. The molecule has 1 aliphatic heterocycles. The van der Waals surface area contributed by atoms with Gasteiger partial charge in [0.15, 0.2) is 5.69 Å². The van der Waals surface area contributed by atoms with Gasteiger partial charge in [-0.25, -0.2) is 0 Å². The summed E-state index contributed by atoms with van der Waals surface area (Å²) in [6.45, 7) is 1.75. The molecule has 6 heteroatoms. The topological polar surface area (TPSA) is 60.2 Å². The second-order valence-corrected chi connectivity index (χ2v) is 4.35. The summed E-state index contributed by atoms with van der Waals surface area (Å²) in [5.74, 6) is 0.575. The van der Waals surface area contributed by atoms with Gasteiger partial charge in [-0.05, 0) is 0 Å². The van der Waals surface area contributed by atoms with Crippen LogP contribution < -0.4 is 10.5 Å². The Morgan fingerprint density at radius 1 is 1.21 bits per heavy atom. The van der Waals surface area contributed by atoms with Gasteiger partial charge in [0.05, 0.1) is 0 Å². The molecule has 0 fully saturated rings. The molecule has 1 aromatic heterocycles. The Labute approximate surface area is 110 Å². The molecule has 0 saturated heterocycles. The van der Waals surface area contributed by atoms with Gasteiger partial charge in [-0.15, -0.1) is 10.2 Å². The third-order valence-electron chi connectivity index (χ3n) is 3.14. The number of benzene rings is 1. The highest BCUT2D eigenvalue weighted by Crippen LogP contribution is 2.18. The molecule has 0 saturated carbocycles.